The first-order chi connectivity index (χ1) is 13.4. The summed E-state index contributed by atoms with van der Waals surface area (Å²) in [5.41, 5.74) is 10.2. The summed E-state index contributed by atoms with van der Waals surface area (Å²) in [5.74, 6) is 6.78. The van der Waals surface area contributed by atoms with E-state index in [1.165, 1.54) is 0 Å². The molecule has 28 heavy (non-hydrogen) atoms. The normalized spacial score (nSPS) is 10.8. The Bertz CT molecular complexity index is 909. The van der Waals surface area contributed by atoms with E-state index >= 15 is 0 Å². The Morgan fingerprint density at radius 1 is 0.893 bits per heavy atom. The first kappa shape index (κ1) is 21.7. The van der Waals surface area contributed by atoms with Crippen LogP contribution >= 0.6 is 0 Å². The van der Waals surface area contributed by atoms with E-state index < -0.39 is 8.07 Å². The van der Waals surface area contributed by atoms with Gasteiger partial charge in [-0.1, -0.05) is 83.0 Å². The highest BCUT2D eigenvalue weighted by atomic mass is 28.3. The maximum Gasteiger partial charge on any atom is 0.222 e. The molecule has 0 heterocycles. The van der Waals surface area contributed by atoms with E-state index in [1.807, 2.05) is 54.6 Å². The van der Waals surface area contributed by atoms with Crippen LogP contribution in [0.5, 0.6) is 0 Å². The Hall–Kier alpha value is -2.55. The van der Waals surface area contributed by atoms with Crippen LogP contribution in [0, 0.1) is 22.9 Å². The Kier molecular flexibility index (Phi) is 7.86. The number of unbranched alkanes of at least 4 members (excludes halogenated alkanes) is 1. The fraction of sp³-hybridized carbons (Fsp3) is 0.346. The van der Waals surface area contributed by atoms with Gasteiger partial charge in [-0.2, -0.15) is 0 Å². The minimum atomic E-state index is -2.14. The topological polar surface area (TPSA) is 17.1 Å². The van der Waals surface area contributed by atoms with Crippen molar-refractivity contribution in [3.63, 3.8) is 0 Å². The summed E-state index contributed by atoms with van der Waals surface area (Å²) in [6.07, 6.45) is 1.98. The first-order valence-electron chi connectivity index (χ1n) is 10.1. The van der Waals surface area contributed by atoms with Crippen LogP contribution in [0.1, 0.15) is 68.9 Å². The third-order valence-corrected chi connectivity index (χ3v) is 9.88. The van der Waals surface area contributed by atoms with Gasteiger partial charge in [0.2, 0.25) is 8.07 Å². The maximum atomic E-state index is 13.0. The SMILES string of the molecule is CCCC#C[Si](C#Cc1ccccc1C(=O)c1ccccc1)(C(C)C)C(C)C. The van der Waals surface area contributed by atoms with Gasteiger partial charge in [-0.25, -0.2) is 0 Å². The van der Waals surface area contributed by atoms with Gasteiger partial charge in [0.15, 0.2) is 5.78 Å². The first-order valence-corrected chi connectivity index (χ1v) is 12.3. The molecule has 0 aliphatic rings. The van der Waals surface area contributed by atoms with Crippen molar-refractivity contribution in [3.05, 3.63) is 71.3 Å². The van der Waals surface area contributed by atoms with Gasteiger partial charge in [-0.3, -0.25) is 4.79 Å². The maximum absolute atomic E-state index is 13.0. The Morgan fingerprint density at radius 2 is 1.50 bits per heavy atom. The molecule has 0 radical (unpaired) electrons. The second-order valence-corrected chi connectivity index (χ2v) is 12.3. The standard InChI is InChI=1S/C26H30OSi/c1-6-7-13-19-28(21(2)3,22(4)5)20-18-23-14-11-12-17-25(23)26(27)24-15-9-8-10-16-24/h8-12,14-17,21-22H,6-7H2,1-5H3. The van der Waals surface area contributed by atoms with Crippen LogP contribution in [-0.2, 0) is 0 Å². The number of hydrogen-bond acceptors (Lipinski definition) is 1. The lowest BCUT2D eigenvalue weighted by Gasteiger charge is -2.28. The summed E-state index contributed by atoms with van der Waals surface area (Å²) < 4.78 is 0. The lowest BCUT2D eigenvalue weighted by molar-refractivity contribution is 0.103. The van der Waals surface area contributed by atoms with Gasteiger partial charge < -0.3 is 0 Å². The van der Waals surface area contributed by atoms with Crippen molar-refractivity contribution in [1.29, 1.82) is 0 Å². The molecule has 2 heteroatoms. The average molecular weight is 387 g/mol. The van der Waals surface area contributed by atoms with Crippen LogP contribution < -0.4 is 0 Å². The van der Waals surface area contributed by atoms with E-state index in [4.69, 9.17) is 0 Å². The molecule has 0 aliphatic carbocycles. The zero-order chi connectivity index (χ0) is 20.6. The molecule has 2 aromatic carbocycles. The minimum absolute atomic E-state index is 0.0175. The van der Waals surface area contributed by atoms with Crippen LogP contribution in [0.4, 0.5) is 0 Å². The fourth-order valence-corrected chi connectivity index (χ4v) is 6.62. The van der Waals surface area contributed by atoms with Gasteiger partial charge in [0, 0.05) is 23.1 Å². The molecule has 0 spiro atoms. The number of rotatable bonds is 5. The molecule has 1 nitrogen and oxygen atoms in total. The molecule has 0 bridgehead atoms. The predicted octanol–water partition coefficient (Wildman–Crippen LogP) is 6.42. The van der Waals surface area contributed by atoms with Gasteiger partial charge in [0.05, 0.1) is 0 Å². The summed E-state index contributed by atoms with van der Waals surface area (Å²) in [5, 5.41) is 0. The summed E-state index contributed by atoms with van der Waals surface area (Å²) >= 11 is 0. The summed E-state index contributed by atoms with van der Waals surface area (Å²) in [6, 6.07) is 17.1. The highest BCUT2D eigenvalue weighted by molar-refractivity contribution is 6.96. The van der Waals surface area contributed by atoms with Crippen molar-refractivity contribution in [2.45, 2.75) is 58.5 Å². The zero-order valence-electron chi connectivity index (χ0n) is 17.7. The van der Waals surface area contributed by atoms with Gasteiger partial charge in [0.25, 0.3) is 0 Å². The Balaban J connectivity index is 2.52. The van der Waals surface area contributed by atoms with E-state index in [-0.39, 0.29) is 5.78 Å². The smallest absolute Gasteiger partial charge is 0.222 e. The number of ketones is 1. The lowest BCUT2D eigenvalue weighted by atomic mass is 9.99. The Morgan fingerprint density at radius 3 is 2.11 bits per heavy atom. The van der Waals surface area contributed by atoms with Crippen molar-refractivity contribution in [2.24, 2.45) is 0 Å². The number of carbonyl (C=O) groups excluding carboxylic acids is 1. The van der Waals surface area contributed by atoms with E-state index in [1.54, 1.807) is 0 Å². The predicted molar refractivity (Wildman–Crippen MR) is 122 cm³/mol. The van der Waals surface area contributed by atoms with Crippen LogP contribution in [0.25, 0.3) is 0 Å². The van der Waals surface area contributed by atoms with E-state index in [2.05, 4.69) is 57.5 Å². The van der Waals surface area contributed by atoms with E-state index in [0.29, 0.717) is 22.2 Å². The molecule has 0 amide bonds. The third-order valence-electron chi connectivity index (χ3n) is 5.10. The van der Waals surface area contributed by atoms with Crippen LogP contribution in [0.15, 0.2) is 54.6 Å². The van der Waals surface area contributed by atoms with Gasteiger partial charge in [-0.15, -0.1) is 17.0 Å². The molecule has 0 saturated heterocycles. The second kappa shape index (κ2) is 10.1. The molecular weight excluding hydrogens is 356 g/mol. The lowest BCUT2D eigenvalue weighted by Crippen LogP contribution is -2.39. The Labute approximate surface area is 171 Å². The molecule has 2 aromatic rings. The number of benzene rings is 2. The monoisotopic (exact) mass is 386 g/mol. The molecule has 0 fully saturated rings. The van der Waals surface area contributed by atoms with Gasteiger partial charge >= 0.3 is 0 Å². The highest BCUT2D eigenvalue weighted by Gasteiger charge is 2.37. The molecule has 0 N–H and O–H groups in total. The number of hydrogen-bond donors (Lipinski definition) is 0. The molecule has 0 aliphatic heterocycles. The van der Waals surface area contributed by atoms with Crippen molar-refractivity contribution in [2.75, 3.05) is 0 Å². The van der Waals surface area contributed by atoms with Crippen molar-refractivity contribution in [3.8, 4) is 22.9 Å². The van der Waals surface area contributed by atoms with Crippen LogP contribution in [0.3, 0.4) is 0 Å². The summed E-state index contributed by atoms with van der Waals surface area (Å²) in [6.45, 7) is 11.1. The summed E-state index contributed by atoms with van der Waals surface area (Å²) in [7, 11) is -2.14. The third kappa shape index (κ3) is 5.03. The molecule has 0 atom stereocenters. The van der Waals surface area contributed by atoms with Gasteiger partial charge in [0.1, 0.15) is 0 Å². The molecule has 144 valence electrons. The molecule has 0 aromatic heterocycles. The minimum Gasteiger partial charge on any atom is -0.289 e. The number of carbonyl (C=O) groups is 1. The van der Waals surface area contributed by atoms with Crippen LogP contribution in [-0.4, -0.2) is 13.9 Å². The quantitative estimate of drug-likeness (QED) is 0.329. The second-order valence-electron chi connectivity index (χ2n) is 7.72. The van der Waals surface area contributed by atoms with Crippen molar-refractivity contribution < 1.29 is 4.79 Å². The molecule has 0 unspecified atom stereocenters. The average Bonchev–Trinajstić information content (AvgIpc) is 2.70. The largest absolute Gasteiger partial charge is 0.289 e. The highest BCUT2D eigenvalue weighted by Crippen LogP contribution is 2.31. The van der Waals surface area contributed by atoms with E-state index in [0.717, 1.165) is 18.4 Å². The zero-order valence-corrected chi connectivity index (χ0v) is 18.7. The molecule has 2 rings (SSSR count). The van der Waals surface area contributed by atoms with Crippen LogP contribution in [0.2, 0.25) is 11.1 Å². The summed E-state index contributed by atoms with van der Waals surface area (Å²) in [4.78, 5) is 13.0. The van der Waals surface area contributed by atoms with Crippen molar-refractivity contribution >= 4 is 13.9 Å². The van der Waals surface area contributed by atoms with Crippen molar-refractivity contribution in [1.82, 2.24) is 0 Å². The van der Waals surface area contributed by atoms with E-state index in [9.17, 15) is 4.79 Å². The molecule has 0 saturated carbocycles. The van der Waals surface area contributed by atoms with Gasteiger partial charge in [-0.05, 0) is 29.6 Å². The molecular formula is C26H30OSi. The fourth-order valence-electron chi connectivity index (χ4n) is 3.31.